The Kier molecular flexibility index (Phi) is 4.03. The second-order valence-corrected chi connectivity index (χ2v) is 5.43. The van der Waals surface area contributed by atoms with Gasteiger partial charge in [-0.25, -0.2) is 8.42 Å². The largest absolute Gasteiger partial charge is 0.318 e. The summed E-state index contributed by atoms with van der Waals surface area (Å²) < 4.78 is 22.2. The maximum atomic E-state index is 11.1. The molecule has 4 heteroatoms. The first-order valence-corrected chi connectivity index (χ1v) is 5.68. The van der Waals surface area contributed by atoms with E-state index < -0.39 is 9.84 Å². The summed E-state index contributed by atoms with van der Waals surface area (Å²) in [6.45, 7) is 4.38. The lowest BCUT2D eigenvalue weighted by Gasteiger charge is -2.17. The normalized spacial score (nSPS) is 15.4. The minimum atomic E-state index is -2.89. The zero-order valence-corrected chi connectivity index (χ0v) is 8.40. The molecule has 0 fully saturated rings. The van der Waals surface area contributed by atoms with Crippen molar-refractivity contribution >= 4 is 9.84 Å². The SMILES string of the molecule is CNCC(C(C)C)S(C)(=O)=O. The Bertz CT molecular complexity index is 196. The Morgan fingerprint density at radius 1 is 1.36 bits per heavy atom. The molecule has 3 nitrogen and oxygen atoms in total. The fourth-order valence-electron chi connectivity index (χ4n) is 1.08. The van der Waals surface area contributed by atoms with Gasteiger partial charge in [-0.3, -0.25) is 0 Å². The van der Waals surface area contributed by atoms with E-state index in [-0.39, 0.29) is 11.2 Å². The second-order valence-electron chi connectivity index (χ2n) is 3.17. The summed E-state index contributed by atoms with van der Waals surface area (Å²) in [5, 5.41) is 2.62. The van der Waals surface area contributed by atoms with Gasteiger partial charge in [-0.05, 0) is 13.0 Å². The smallest absolute Gasteiger partial charge is 0.151 e. The van der Waals surface area contributed by atoms with Gasteiger partial charge in [-0.15, -0.1) is 0 Å². The Morgan fingerprint density at radius 3 is 1.91 bits per heavy atom. The van der Waals surface area contributed by atoms with Gasteiger partial charge in [0.15, 0.2) is 9.84 Å². The third kappa shape index (κ3) is 3.72. The molecule has 0 radical (unpaired) electrons. The van der Waals surface area contributed by atoms with Crippen LogP contribution in [0.4, 0.5) is 0 Å². The molecule has 0 rings (SSSR count). The Labute approximate surface area is 69.1 Å². The van der Waals surface area contributed by atoms with Gasteiger partial charge in [-0.2, -0.15) is 0 Å². The molecule has 0 heterocycles. The molecule has 11 heavy (non-hydrogen) atoms. The van der Waals surface area contributed by atoms with Crippen molar-refractivity contribution in [2.24, 2.45) is 5.92 Å². The van der Waals surface area contributed by atoms with Crippen LogP contribution in [0.2, 0.25) is 0 Å². The molecule has 68 valence electrons. The molecule has 0 aromatic rings. The van der Waals surface area contributed by atoms with E-state index in [9.17, 15) is 8.42 Å². The zero-order chi connectivity index (χ0) is 9.07. The highest BCUT2D eigenvalue weighted by Gasteiger charge is 2.22. The molecule has 1 N–H and O–H groups in total. The minimum absolute atomic E-state index is 0.178. The van der Waals surface area contributed by atoms with Crippen molar-refractivity contribution in [3.05, 3.63) is 0 Å². The van der Waals surface area contributed by atoms with Crippen LogP contribution in [0.5, 0.6) is 0 Å². The summed E-state index contributed by atoms with van der Waals surface area (Å²) in [5.74, 6) is 0.178. The van der Waals surface area contributed by atoms with Crippen LogP contribution in [0.1, 0.15) is 13.8 Å². The van der Waals surface area contributed by atoms with Gasteiger partial charge in [0.2, 0.25) is 0 Å². The van der Waals surface area contributed by atoms with E-state index in [2.05, 4.69) is 5.32 Å². The fourth-order valence-corrected chi connectivity index (χ4v) is 2.54. The molecule has 0 aromatic carbocycles. The van der Waals surface area contributed by atoms with E-state index in [1.54, 1.807) is 7.05 Å². The van der Waals surface area contributed by atoms with Crippen molar-refractivity contribution in [1.29, 1.82) is 0 Å². The Morgan fingerprint density at radius 2 is 1.82 bits per heavy atom. The van der Waals surface area contributed by atoms with E-state index in [1.165, 1.54) is 6.26 Å². The van der Waals surface area contributed by atoms with E-state index >= 15 is 0 Å². The molecule has 0 saturated carbocycles. The molecular formula is C7H17NO2S. The second kappa shape index (κ2) is 4.07. The van der Waals surface area contributed by atoms with Crippen LogP contribution in [0, 0.1) is 5.92 Å². The molecule has 0 aliphatic rings. The molecular weight excluding hydrogens is 162 g/mol. The van der Waals surface area contributed by atoms with Crippen LogP contribution in [0.15, 0.2) is 0 Å². The lowest BCUT2D eigenvalue weighted by Crippen LogP contribution is -2.35. The Balaban J connectivity index is 4.36. The molecule has 0 aromatic heterocycles. The van der Waals surface area contributed by atoms with Crippen molar-refractivity contribution in [3.8, 4) is 0 Å². The maximum absolute atomic E-state index is 11.1. The molecule has 0 spiro atoms. The van der Waals surface area contributed by atoms with E-state index in [0.29, 0.717) is 6.54 Å². The topological polar surface area (TPSA) is 46.2 Å². The highest BCUT2D eigenvalue weighted by Crippen LogP contribution is 2.09. The lowest BCUT2D eigenvalue weighted by molar-refractivity contribution is 0.521. The number of sulfone groups is 1. The summed E-state index contributed by atoms with van der Waals surface area (Å²) >= 11 is 0. The van der Waals surface area contributed by atoms with Crippen molar-refractivity contribution in [1.82, 2.24) is 5.32 Å². The van der Waals surface area contributed by atoms with Crippen molar-refractivity contribution in [2.75, 3.05) is 19.8 Å². The van der Waals surface area contributed by atoms with Crippen molar-refractivity contribution in [3.63, 3.8) is 0 Å². The van der Waals surface area contributed by atoms with Crippen LogP contribution >= 0.6 is 0 Å². The van der Waals surface area contributed by atoms with Gasteiger partial charge in [0.25, 0.3) is 0 Å². The molecule has 1 unspecified atom stereocenters. The van der Waals surface area contributed by atoms with Crippen LogP contribution in [0.25, 0.3) is 0 Å². The quantitative estimate of drug-likeness (QED) is 0.674. The number of rotatable bonds is 4. The first-order chi connectivity index (χ1) is 4.89. The number of hydrogen-bond donors (Lipinski definition) is 1. The van der Waals surface area contributed by atoms with E-state index in [4.69, 9.17) is 0 Å². The lowest BCUT2D eigenvalue weighted by atomic mass is 10.1. The molecule has 1 atom stereocenters. The van der Waals surface area contributed by atoms with Gasteiger partial charge in [0.1, 0.15) is 0 Å². The zero-order valence-electron chi connectivity index (χ0n) is 7.59. The standard InChI is InChI=1S/C7H17NO2S/c1-6(2)7(5-8-3)11(4,9)10/h6-8H,5H2,1-4H3. The van der Waals surface area contributed by atoms with Crippen molar-refractivity contribution in [2.45, 2.75) is 19.1 Å². The van der Waals surface area contributed by atoms with Gasteiger partial charge in [-0.1, -0.05) is 13.8 Å². The average Bonchev–Trinajstić information content (AvgIpc) is 1.79. The van der Waals surface area contributed by atoms with Crippen molar-refractivity contribution < 1.29 is 8.42 Å². The number of hydrogen-bond acceptors (Lipinski definition) is 3. The first-order valence-electron chi connectivity index (χ1n) is 3.73. The predicted molar refractivity (Wildman–Crippen MR) is 47.4 cm³/mol. The molecule has 0 amide bonds. The third-order valence-corrected chi connectivity index (χ3v) is 3.51. The molecule has 0 saturated heterocycles. The minimum Gasteiger partial charge on any atom is -0.318 e. The summed E-state index contributed by atoms with van der Waals surface area (Å²) in [6.07, 6.45) is 1.29. The van der Waals surface area contributed by atoms with Crippen LogP contribution in [-0.4, -0.2) is 33.5 Å². The molecule has 0 bridgehead atoms. The monoisotopic (exact) mass is 179 g/mol. The average molecular weight is 179 g/mol. The Hall–Kier alpha value is -0.0900. The van der Waals surface area contributed by atoms with Crippen LogP contribution in [-0.2, 0) is 9.84 Å². The van der Waals surface area contributed by atoms with Crippen LogP contribution < -0.4 is 5.32 Å². The van der Waals surface area contributed by atoms with Gasteiger partial charge in [0.05, 0.1) is 5.25 Å². The predicted octanol–water partition coefficient (Wildman–Crippen LogP) is 0.275. The van der Waals surface area contributed by atoms with Gasteiger partial charge < -0.3 is 5.32 Å². The summed E-state index contributed by atoms with van der Waals surface area (Å²) in [6, 6.07) is 0. The third-order valence-electron chi connectivity index (χ3n) is 1.70. The highest BCUT2D eigenvalue weighted by atomic mass is 32.2. The van der Waals surface area contributed by atoms with Crippen LogP contribution in [0.3, 0.4) is 0 Å². The maximum Gasteiger partial charge on any atom is 0.151 e. The van der Waals surface area contributed by atoms with Gasteiger partial charge in [0, 0.05) is 12.8 Å². The fraction of sp³-hybridized carbons (Fsp3) is 1.00. The highest BCUT2D eigenvalue weighted by molar-refractivity contribution is 7.91. The summed E-state index contributed by atoms with van der Waals surface area (Å²) in [7, 11) is -1.12. The number of nitrogens with one attached hydrogen (secondary N) is 1. The first kappa shape index (κ1) is 10.9. The van der Waals surface area contributed by atoms with E-state index in [1.807, 2.05) is 13.8 Å². The molecule has 0 aliphatic carbocycles. The summed E-state index contributed by atoms with van der Waals surface area (Å²) in [4.78, 5) is 0. The molecule has 0 aliphatic heterocycles. The van der Waals surface area contributed by atoms with E-state index in [0.717, 1.165) is 0 Å². The van der Waals surface area contributed by atoms with Gasteiger partial charge >= 0.3 is 0 Å². The summed E-state index contributed by atoms with van der Waals surface area (Å²) in [5.41, 5.74) is 0.